The summed E-state index contributed by atoms with van der Waals surface area (Å²) in [5.74, 6) is 0. The topological polar surface area (TPSA) is 30.5 Å². The Morgan fingerprint density at radius 2 is 1.92 bits per heavy atom. The van der Waals surface area contributed by atoms with Gasteiger partial charge < -0.3 is 14.8 Å². The molecule has 0 aliphatic carbocycles. The largest absolute Gasteiger partial charge is 0.383 e. The zero-order valence-corrected chi connectivity index (χ0v) is 9.14. The van der Waals surface area contributed by atoms with Crippen molar-refractivity contribution in [1.29, 1.82) is 0 Å². The van der Waals surface area contributed by atoms with Crippen molar-refractivity contribution in [3.63, 3.8) is 0 Å². The molecule has 0 spiro atoms. The van der Waals surface area contributed by atoms with E-state index < -0.39 is 0 Å². The fraction of sp³-hybridized carbons (Fsp3) is 1.00. The summed E-state index contributed by atoms with van der Waals surface area (Å²) in [6.07, 6.45) is 2.22. The first-order valence-electron chi connectivity index (χ1n) is 5.15. The van der Waals surface area contributed by atoms with Crippen LogP contribution in [-0.2, 0) is 9.47 Å². The lowest BCUT2D eigenvalue weighted by atomic mass is 10.3. The van der Waals surface area contributed by atoms with Gasteiger partial charge in [0.2, 0.25) is 0 Å². The van der Waals surface area contributed by atoms with Gasteiger partial charge in [0.1, 0.15) is 0 Å². The molecular weight excluding hydrogens is 166 g/mol. The molecule has 0 aromatic heterocycles. The minimum absolute atomic E-state index is 0.344. The van der Waals surface area contributed by atoms with Gasteiger partial charge in [0.15, 0.2) is 0 Å². The minimum atomic E-state index is 0.344. The van der Waals surface area contributed by atoms with Crippen LogP contribution in [0.1, 0.15) is 26.7 Å². The van der Waals surface area contributed by atoms with Crippen LogP contribution in [0.5, 0.6) is 0 Å². The lowest BCUT2D eigenvalue weighted by Crippen LogP contribution is -2.37. The van der Waals surface area contributed by atoms with E-state index in [1.54, 1.807) is 7.11 Å². The smallest absolute Gasteiger partial charge is 0.0642 e. The molecule has 0 heterocycles. The molecule has 0 fully saturated rings. The summed E-state index contributed by atoms with van der Waals surface area (Å²) in [5, 5.41) is 3.38. The SMILES string of the molecule is CCCNC(COC)COCCC. The third-order valence-corrected chi connectivity index (χ3v) is 1.72. The summed E-state index contributed by atoms with van der Waals surface area (Å²) in [5.41, 5.74) is 0. The Morgan fingerprint density at radius 1 is 1.15 bits per heavy atom. The van der Waals surface area contributed by atoms with Crippen molar-refractivity contribution in [2.75, 3.05) is 33.5 Å². The average molecular weight is 189 g/mol. The highest BCUT2D eigenvalue weighted by Crippen LogP contribution is 1.89. The number of rotatable bonds is 9. The lowest BCUT2D eigenvalue weighted by molar-refractivity contribution is 0.0747. The monoisotopic (exact) mass is 189 g/mol. The molecule has 0 aliphatic heterocycles. The lowest BCUT2D eigenvalue weighted by Gasteiger charge is -2.17. The normalized spacial score (nSPS) is 13.2. The van der Waals surface area contributed by atoms with Gasteiger partial charge in [-0.1, -0.05) is 13.8 Å². The van der Waals surface area contributed by atoms with Crippen LogP contribution in [0.25, 0.3) is 0 Å². The maximum absolute atomic E-state index is 5.45. The number of ether oxygens (including phenoxy) is 2. The average Bonchev–Trinajstić information content (AvgIpc) is 2.14. The van der Waals surface area contributed by atoms with Crippen LogP contribution in [0.3, 0.4) is 0 Å². The fourth-order valence-electron chi connectivity index (χ4n) is 1.09. The Balaban J connectivity index is 3.41. The van der Waals surface area contributed by atoms with E-state index in [2.05, 4.69) is 19.2 Å². The van der Waals surface area contributed by atoms with E-state index in [0.717, 1.165) is 39.2 Å². The molecule has 13 heavy (non-hydrogen) atoms. The summed E-state index contributed by atoms with van der Waals surface area (Å²) in [4.78, 5) is 0. The van der Waals surface area contributed by atoms with Crippen molar-refractivity contribution in [2.45, 2.75) is 32.7 Å². The highest BCUT2D eigenvalue weighted by atomic mass is 16.5. The highest BCUT2D eigenvalue weighted by molar-refractivity contribution is 4.64. The molecule has 1 unspecified atom stereocenters. The molecule has 3 heteroatoms. The minimum Gasteiger partial charge on any atom is -0.383 e. The van der Waals surface area contributed by atoms with Crippen LogP contribution in [0.15, 0.2) is 0 Å². The highest BCUT2D eigenvalue weighted by Gasteiger charge is 2.06. The Labute approximate surface area is 81.8 Å². The summed E-state index contributed by atoms with van der Waals surface area (Å²) in [7, 11) is 1.72. The van der Waals surface area contributed by atoms with E-state index in [1.165, 1.54) is 0 Å². The number of hydrogen-bond acceptors (Lipinski definition) is 3. The second-order valence-electron chi connectivity index (χ2n) is 3.18. The molecule has 0 rings (SSSR count). The molecule has 0 aliphatic rings. The Kier molecular flexibility index (Phi) is 9.87. The molecule has 0 saturated heterocycles. The molecule has 0 amide bonds. The van der Waals surface area contributed by atoms with Crippen LogP contribution in [0.2, 0.25) is 0 Å². The second-order valence-corrected chi connectivity index (χ2v) is 3.18. The van der Waals surface area contributed by atoms with Gasteiger partial charge in [-0.2, -0.15) is 0 Å². The third kappa shape index (κ3) is 8.22. The molecule has 0 radical (unpaired) electrons. The van der Waals surface area contributed by atoms with Gasteiger partial charge in [-0.05, 0) is 19.4 Å². The van der Waals surface area contributed by atoms with Crippen molar-refractivity contribution in [2.24, 2.45) is 0 Å². The van der Waals surface area contributed by atoms with Crippen molar-refractivity contribution in [3.05, 3.63) is 0 Å². The van der Waals surface area contributed by atoms with Crippen molar-refractivity contribution < 1.29 is 9.47 Å². The summed E-state index contributed by atoms with van der Waals surface area (Å²) < 4.78 is 10.5. The van der Waals surface area contributed by atoms with Gasteiger partial charge in [-0.25, -0.2) is 0 Å². The summed E-state index contributed by atoms with van der Waals surface area (Å²) in [6.45, 7) is 7.62. The number of methoxy groups -OCH3 is 1. The Bertz CT molecular complexity index is 98.9. The van der Waals surface area contributed by atoms with Crippen molar-refractivity contribution >= 4 is 0 Å². The number of nitrogens with one attached hydrogen (secondary N) is 1. The van der Waals surface area contributed by atoms with E-state index in [1.807, 2.05) is 0 Å². The third-order valence-electron chi connectivity index (χ3n) is 1.72. The predicted molar refractivity (Wildman–Crippen MR) is 55.1 cm³/mol. The predicted octanol–water partition coefficient (Wildman–Crippen LogP) is 1.43. The standard InChI is InChI=1S/C10H23NO2/c1-4-6-11-10(8-12-3)9-13-7-5-2/h10-11H,4-9H2,1-3H3. The first-order chi connectivity index (χ1) is 6.35. The molecule has 0 aromatic rings. The van der Waals surface area contributed by atoms with E-state index in [-0.39, 0.29) is 0 Å². The van der Waals surface area contributed by atoms with Gasteiger partial charge in [0.05, 0.1) is 19.3 Å². The zero-order valence-electron chi connectivity index (χ0n) is 9.14. The Hall–Kier alpha value is -0.120. The Morgan fingerprint density at radius 3 is 2.46 bits per heavy atom. The molecule has 0 bridgehead atoms. The molecule has 0 saturated carbocycles. The first kappa shape index (κ1) is 12.9. The van der Waals surface area contributed by atoms with Crippen LogP contribution < -0.4 is 5.32 Å². The van der Waals surface area contributed by atoms with Crippen molar-refractivity contribution in [1.82, 2.24) is 5.32 Å². The van der Waals surface area contributed by atoms with Gasteiger partial charge in [-0.3, -0.25) is 0 Å². The summed E-state index contributed by atoms with van der Waals surface area (Å²) >= 11 is 0. The molecular formula is C10H23NO2. The van der Waals surface area contributed by atoms with Crippen molar-refractivity contribution in [3.8, 4) is 0 Å². The van der Waals surface area contributed by atoms with Gasteiger partial charge in [0, 0.05) is 13.7 Å². The van der Waals surface area contributed by atoms with Gasteiger partial charge in [0.25, 0.3) is 0 Å². The van der Waals surface area contributed by atoms with E-state index >= 15 is 0 Å². The van der Waals surface area contributed by atoms with Crippen LogP contribution in [0.4, 0.5) is 0 Å². The van der Waals surface area contributed by atoms with Gasteiger partial charge >= 0.3 is 0 Å². The second kappa shape index (κ2) is 9.96. The van der Waals surface area contributed by atoms with Crippen LogP contribution in [-0.4, -0.2) is 39.5 Å². The molecule has 1 N–H and O–H groups in total. The molecule has 0 aromatic carbocycles. The van der Waals surface area contributed by atoms with Crippen LogP contribution >= 0.6 is 0 Å². The van der Waals surface area contributed by atoms with E-state index in [4.69, 9.17) is 9.47 Å². The summed E-state index contributed by atoms with van der Waals surface area (Å²) in [6, 6.07) is 0.344. The maximum Gasteiger partial charge on any atom is 0.0642 e. The quantitative estimate of drug-likeness (QED) is 0.557. The molecule has 3 nitrogen and oxygen atoms in total. The maximum atomic E-state index is 5.45. The van der Waals surface area contributed by atoms with E-state index in [9.17, 15) is 0 Å². The first-order valence-corrected chi connectivity index (χ1v) is 5.15. The van der Waals surface area contributed by atoms with Gasteiger partial charge in [-0.15, -0.1) is 0 Å². The van der Waals surface area contributed by atoms with Crippen LogP contribution in [0, 0.1) is 0 Å². The zero-order chi connectivity index (χ0) is 9.94. The van der Waals surface area contributed by atoms with E-state index in [0.29, 0.717) is 6.04 Å². The molecule has 1 atom stereocenters. The number of hydrogen-bond donors (Lipinski definition) is 1. The fourth-order valence-corrected chi connectivity index (χ4v) is 1.09. The molecule has 80 valence electrons.